The van der Waals surface area contributed by atoms with Crippen LogP contribution in [-0.4, -0.2) is 23.0 Å². The third kappa shape index (κ3) is 3.62. The molecule has 0 saturated carbocycles. The Morgan fingerprint density at radius 3 is 2.15 bits per heavy atom. The second-order valence-electron chi connectivity index (χ2n) is 7.10. The zero-order valence-corrected chi connectivity index (χ0v) is 15.3. The second kappa shape index (κ2) is 7.57. The molecule has 138 valence electrons. The van der Waals surface area contributed by atoms with E-state index in [-0.39, 0.29) is 5.56 Å². The zero-order chi connectivity index (χ0) is 18.8. The summed E-state index contributed by atoms with van der Waals surface area (Å²) in [7, 11) is 0. The summed E-state index contributed by atoms with van der Waals surface area (Å²) < 4.78 is 29.2. The fourth-order valence-corrected chi connectivity index (χ4v) is 3.82. The van der Waals surface area contributed by atoms with Gasteiger partial charge < -0.3 is 0 Å². The summed E-state index contributed by atoms with van der Waals surface area (Å²) in [5, 5.41) is 0. The van der Waals surface area contributed by atoms with Gasteiger partial charge in [0.25, 0.3) is 0 Å². The molecule has 4 heteroatoms. The molecule has 2 nitrogen and oxygen atoms in total. The van der Waals surface area contributed by atoms with E-state index in [0.717, 1.165) is 18.7 Å². The molecule has 0 radical (unpaired) electrons. The summed E-state index contributed by atoms with van der Waals surface area (Å²) in [5.41, 5.74) is 2.98. The predicted molar refractivity (Wildman–Crippen MR) is 104 cm³/mol. The largest absolute Gasteiger partial charge is 0.297 e. The number of likely N-dealkylation sites (tertiary alicyclic amines) is 1. The highest BCUT2D eigenvalue weighted by molar-refractivity contribution is 5.71. The molecule has 4 rings (SSSR count). The maximum atomic E-state index is 14.6. The predicted octanol–water partition coefficient (Wildman–Crippen LogP) is 5.85. The minimum absolute atomic E-state index is 0.0360. The summed E-state index contributed by atoms with van der Waals surface area (Å²) in [6.45, 7) is 4.48. The fraction of sp³-hybridized carbons (Fsp3) is 0.261. The van der Waals surface area contributed by atoms with Crippen molar-refractivity contribution in [2.75, 3.05) is 13.1 Å². The lowest BCUT2D eigenvalue weighted by molar-refractivity contribution is 0.263. The molecule has 0 aliphatic carbocycles. The number of halogens is 2. The lowest BCUT2D eigenvalue weighted by Crippen LogP contribution is -2.23. The molecule has 0 bridgehead atoms. The van der Waals surface area contributed by atoms with Gasteiger partial charge in [0, 0.05) is 24.0 Å². The molecule has 27 heavy (non-hydrogen) atoms. The highest BCUT2D eigenvalue weighted by Crippen LogP contribution is 2.32. The number of hydrogen-bond donors (Lipinski definition) is 0. The normalized spacial score (nSPS) is 15.8. The van der Waals surface area contributed by atoms with Gasteiger partial charge in [0.2, 0.25) is 0 Å². The SMILES string of the molecule is CC(c1ccc(-c2cc(F)c(-c3cccnc3)c(F)c2)cc1)N1CCCC1. The van der Waals surface area contributed by atoms with Crippen LogP contribution in [0.2, 0.25) is 0 Å². The molecule has 0 spiro atoms. The summed E-state index contributed by atoms with van der Waals surface area (Å²) in [6, 6.07) is 14.5. The average molecular weight is 364 g/mol. The van der Waals surface area contributed by atoms with E-state index in [1.54, 1.807) is 18.3 Å². The Balaban J connectivity index is 1.62. The maximum absolute atomic E-state index is 14.6. The molecular formula is C23H22F2N2. The van der Waals surface area contributed by atoms with Crippen molar-refractivity contribution in [3.8, 4) is 22.3 Å². The van der Waals surface area contributed by atoms with Crippen molar-refractivity contribution in [1.82, 2.24) is 9.88 Å². The van der Waals surface area contributed by atoms with Gasteiger partial charge in [-0.3, -0.25) is 9.88 Å². The van der Waals surface area contributed by atoms with E-state index >= 15 is 0 Å². The Labute approximate surface area is 158 Å². The van der Waals surface area contributed by atoms with Crippen LogP contribution in [0.4, 0.5) is 8.78 Å². The van der Waals surface area contributed by atoms with Crippen LogP contribution >= 0.6 is 0 Å². The van der Waals surface area contributed by atoms with Crippen LogP contribution in [0.3, 0.4) is 0 Å². The second-order valence-corrected chi connectivity index (χ2v) is 7.10. The van der Waals surface area contributed by atoms with Crippen LogP contribution in [0.15, 0.2) is 60.9 Å². The summed E-state index contributed by atoms with van der Waals surface area (Å²) in [5.74, 6) is -1.15. The number of hydrogen-bond acceptors (Lipinski definition) is 2. The van der Waals surface area contributed by atoms with Gasteiger partial charge in [-0.15, -0.1) is 0 Å². The number of nitrogens with zero attached hydrogens (tertiary/aromatic N) is 2. The monoisotopic (exact) mass is 364 g/mol. The molecule has 1 aliphatic heterocycles. The van der Waals surface area contributed by atoms with Gasteiger partial charge in [-0.25, -0.2) is 8.78 Å². The van der Waals surface area contributed by atoms with Crippen LogP contribution in [0.5, 0.6) is 0 Å². The molecular weight excluding hydrogens is 342 g/mol. The Morgan fingerprint density at radius 1 is 0.889 bits per heavy atom. The van der Waals surface area contributed by atoms with E-state index in [4.69, 9.17) is 0 Å². The average Bonchev–Trinajstić information content (AvgIpc) is 3.23. The molecule has 0 N–H and O–H groups in total. The Bertz CT molecular complexity index is 894. The van der Waals surface area contributed by atoms with Crippen LogP contribution in [0.25, 0.3) is 22.3 Å². The van der Waals surface area contributed by atoms with Gasteiger partial charge in [0.1, 0.15) is 11.6 Å². The van der Waals surface area contributed by atoms with E-state index < -0.39 is 11.6 Å². The van der Waals surface area contributed by atoms with Gasteiger partial charge in [-0.2, -0.15) is 0 Å². The van der Waals surface area contributed by atoms with Gasteiger partial charge in [-0.1, -0.05) is 30.3 Å². The number of aromatic nitrogens is 1. The zero-order valence-electron chi connectivity index (χ0n) is 15.3. The minimum Gasteiger partial charge on any atom is -0.297 e. The van der Waals surface area contributed by atoms with Crippen molar-refractivity contribution in [1.29, 1.82) is 0 Å². The van der Waals surface area contributed by atoms with Crippen molar-refractivity contribution in [2.24, 2.45) is 0 Å². The molecule has 3 aromatic rings. The van der Waals surface area contributed by atoms with E-state index in [2.05, 4.69) is 28.9 Å². The molecule has 2 heterocycles. The highest BCUT2D eigenvalue weighted by Gasteiger charge is 2.19. The number of pyridine rings is 1. The minimum atomic E-state index is -0.576. The molecule has 1 aliphatic rings. The molecule has 1 atom stereocenters. The van der Waals surface area contributed by atoms with Crippen LogP contribution in [0, 0.1) is 11.6 Å². The van der Waals surface area contributed by atoms with Crippen LogP contribution in [-0.2, 0) is 0 Å². The van der Waals surface area contributed by atoms with Crippen molar-refractivity contribution in [3.05, 3.63) is 78.1 Å². The Hall–Kier alpha value is -2.59. The van der Waals surface area contributed by atoms with Gasteiger partial charge in [0.05, 0.1) is 5.56 Å². The molecule has 2 aromatic carbocycles. The maximum Gasteiger partial charge on any atom is 0.134 e. The highest BCUT2D eigenvalue weighted by atomic mass is 19.1. The first kappa shape index (κ1) is 17.8. The fourth-order valence-electron chi connectivity index (χ4n) is 3.82. The summed E-state index contributed by atoms with van der Waals surface area (Å²) >= 11 is 0. The first-order valence-electron chi connectivity index (χ1n) is 9.37. The van der Waals surface area contributed by atoms with Gasteiger partial charge in [-0.05, 0) is 67.7 Å². The standard InChI is InChI=1S/C23H22F2N2/c1-16(27-11-2-3-12-27)17-6-8-18(9-7-17)20-13-21(24)23(22(25)14-20)19-5-4-10-26-15-19/h4-10,13-16H,2-3,11-12H2,1H3. The first-order chi connectivity index (χ1) is 13.1. The van der Waals surface area contributed by atoms with E-state index in [1.807, 2.05) is 12.1 Å². The topological polar surface area (TPSA) is 16.1 Å². The van der Waals surface area contributed by atoms with E-state index in [0.29, 0.717) is 17.2 Å². The van der Waals surface area contributed by atoms with E-state index in [1.165, 1.54) is 36.7 Å². The molecule has 1 aromatic heterocycles. The van der Waals surface area contributed by atoms with Crippen molar-refractivity contribution >= 4 is 0 Å². The van der Waals surface area contributed by atoms with Crippen LogP contribution < -0.4 is 0 Å². The summed E-state index contributed by atoms with van der Waals surface area (Å²) in [6.07, 6.45) is 5.56. The Morgan fingerprint density at radius 2 is 1.56 bits per heavy atom. The van der Waals surface area contributed by atoms with Crippen molar-refractivity contribution in [3.63, 3.8) is 0 Å². The lowest BCUT2D eigenvalue weighted by Gasteiger charge is -2.24. The Kier molecular flexibility index (Phi) is 4.99. The number of rotatable bonds is 4. The van der Waals surface area contributed by atoms with Crippen molar-refractivity contribution < 1.29 is 8.78 Å². The number of benzene rings is 2. The quantitative estimate of drug-likeness (QED) is 0.577. The van der Waals surface area contributed by atoms with Gasteiger partial charge in [0.15, 0.2) is 0 Å². The van der Waals surface area contributed by atoms with Gasteiger partial charge >= 0.3 is 0 Å². The molecule has 0 amide bonds. The molecule has 1 unspecified atom stereocenters. The first-order valence-corrected chi connectivity index (χ1v) is 9.37. The van der Waals surface area contributed by atoms with Crippen molar-refractivity contribution in [2.45, 2.75) is 25.8 Å². The van der Waals surface area contributed by atoms with Crippen LogP contribution in [0.1, 0.15) is 31.4 Å². The van der Waals surface area contributed by atoms with E-state index in [9.17, 15) is 8.78 Å². The molecule has 1 fully saturated rings. The molecule has 1 saturated heterocycles. The third-order valence-corrected chi connectivity index (χ3v) is 5.41. The lowest BCUT2D eigenvalue weighted by atomic mass is 9.98. The smallest absolute Gasteiger partial charge is 0.134 e. The summed E-state index contributed by atoms with van der Waals surface area (Å²) in [4.78, 5) is 6.41. The third-order valence-electron chi connectivity index (χ3n) is 5.41.